The fraction of sp³-hybridized carbons (Fsp3) is 0.333. The molecule has 2 aromatic rings. The van der Waals surface area contributed by atoms with Crippen LogP contribution in [0.3, 0.4) is 0 Å². The molecule has 2 amide bonds. The molecule has 0 saturated heterocycles. The molecule has 1 N–H and O–H groups in total. The van der Waals surface area contributed by atoms with Crippen LogP contribution in [0.25, 0.3) is 0 Å². The number of hydrogen-bond donors (Lipinski definition) is 1. The van der Waals surface area contributed by atoms with E-state index >= 15 is 0 Å². The molecule has 0 saturated carbocycles. The molecule has 156 valence electrons. The average Bonchev–Trinajstić information content (AvgIpc) is 2.64. The Labute approximate surface area is 185 Å². The Kier molecular flexibility index (Phi) is 8.62. The molecule has 8 heteroatoms. The second-order valence-electron chi connectivity index (χ2n) is 6.85. The van der Waals surface area contributed by atoms with Gasteiger partial charge in [0.2, 0.25) is 5.91 Å². The Morgan fingerprint density at radius 3 is 2.34 bits per heavy atom. The number of nitrogens with zero attached hydrogens (tertiary/aromatic N) is 1. The first-order valence-corrected chi connectivity index (χ1v) is 10.2. The number of benzene rings is 2. The lowest BCUT2D eigenvalue weighted by molar-refractivity contribution is -0.142. The van der Waals surface area contributed by atoms with Crippen LogP contribution in [-0.4, -0.2) is 35.4 Å². The van der Waals surface area contributed by atoms with Crippen LogP contribution in [0.5, 0.6) is 5.75 Å². The van der Waals surface area contributed by atoms with Crippen molar-refractivity contribution >= 4 is 46.6 Å². The van der Waals surface area contributed by atoms with Crippen LogP contribution in [0.2, 0.25) is 15.1 Å². The van der Waals surface area contributed by atoms with Gasteiger partial charge in [0, 0.05) is 22.6 Å². The summed E-state index contributed by atoms with van der Waals surface area (Å²) < 4.78 is 5.57. The van der Waals surface area contributed by atoms with Crippen molar-refractivity contribution in [2.75, 3.05) is 6.61 Å². The maximum absolute atomic E-state index is 12.9. The van der Waals surface area contributed by atoms with Gasteiger partial charge in [0.1, 0.15) is 11.8 Å². The molecule has 0 aromatic heterocycles. The predicted octanol–water partition coefficient (Wildman–Crippen LogP) is 4.97. The normalized spacial score (nSPS) is 11.8. The van der Waals surface area contributed by atoms with E-state index in [4.69, 9.17) is 39.5 Å². The van der Waals surface area contributed by atoms with Crippen molar-refractivity contribution < 1.29 is 14.3 Å². The first-order valence-electron chi connectivity index (χ1n) is 9.09. The summed E-state index contributed by atoms with van der Waals surface area (Å²) >= 11 is 18.0. The summed E-state index contributed by atoms with van der Waals surface area (Å²) in [6.07, 6.45) is 0. The Morgan fingerprint density at radius 1 is 1.03 bits per heavy atom. The van der Waals surface area contributed by atoms with Gasteiger partial charge in [-0.15, -0.1) is 0 Å². The topological polar surface area (TPSA) is 58.6 Å². The van der Waals surface area contributed by atoms with Crippen LogP contribution in [0.15, 0.2) is 42.5 Å². The summed E-state index contributed by atoms with van der Waals surface area (Å²) in [6, 6.07) is 11.1. The first-order chi connectivity index (χ1) is 13.7. The molecule has 5 nitrogen and oxygen atoms in total. The highest BCUT2D eigenvalue weighted by molar-refractivity contribution is 6.35. The van der Waals surface area contributed by atoms with Gasteiger partial charge in [-0.05, 0) is 56.7 Å². The van der Waals surface area contributed by atoms with Crippen molar-refractivity contribution in [2.24, 2.45) is 0 Å². The third kappa shape index (κ3) is 7.11. The van der Waals surface area contributed by atoms with Gasteiger partial charge in [0.05, 0.1) is 5.02 Å². The van der Waals surface area contributed by atoms with E-state index in [1.807, 2.05) is 19.9 Å². The van der Waals surface area contributed by atoms with E-state index in [9.17, 15) is 9.59 Å². The summed E-state index contributed by atoms with van der Waals surface area (Å²) in [7, 11) is 0. The molecule has 29 heavy (non-hydrogen) atoms. The zero-order valence-corrected chi connectivity index (χ0v) is 18.7. The van der Waals surface area contributed by atoms with E-state index in [-0.39, 0.29) is 31.0 Å². The minimum Gasteiger partial charge on any atom is -0.482 e. The standard InChI is InChI=1S/C21H23Cl3N2O3/c1-13(2)25-21(28)14(3)26(11-15-5-4-6-16(22)9-15)20(27)12-29-19-8-7-17(23)10-18(19)24/h4-10,13-14H,11-12H2,1-3H3,(H,25,28). The van der Waals surface area contributed by atoms with E-state index in [0.29, 0.717) is 20.8 Å². The molecule has 0 aliphatic heterocycles. The van der Waals surface area contributed by atoms with Crippen LogP contribution >= 0.6 is 34.8 Å². The highest BCUT2D eigenvalue weighted by atomic mass is 35.5. The van der Waals surface area contributed by atoms with Gasteiger partial charge in [0.25, 0.3) is 5.91 Å². The smallest absolute Gasteiger partial charge is 0.261 e. The van der Waals surface area contributed by atoms with Crippen LogP contribution in [0, 0.1) is 0 Å². The summed E-state index contributed by atoms with van der Waals surface area (Å²) in [6.45, 7) is 5.33. The highest BCUT2D eigenvalue weighted by Crippen LogP contribution is 2.27. The molecule has 0 radical (unpaired) electrons. The minimum absolute atomic E-state index is 0.0443. The Hall–Kier alpha value is -1.95. The van der Waals surface area contributed by atoms with Crippen LogP contribution in [-0.2, 0) is 16.1 Å². The molecule has 0 fully saturated rings. The van der Waals surface area contributed by atoms with E-state index in [1.165, 1.54) is 11.0 Å². The lowest BCUT2D eigenvalue weighted by atomic mass is 10.1. The number of hydrogen-bond acceptors (Lipinski definition) is 3. The van der Waals surface area contributed by atoms with Gasteiger partial charge < -0.3 is 15.0 Å². The van der Waals surface area contributed by atoms with Crippen molar-refractivity contribution in [3.63, 3.8) is 0 Å². The minimum atomic E-state index is -0.701. The summed E-state index contributed by atoms with van der Waals surface area (Å²) in [4.78, 5) is 26.9. The first kappa shape index (κ1) is 23.3. The largest absolute Gasteiger partial charge is 0.482 e. The second-order valence-corrected chi connectivity index (χ2v) is 8.13. The maximum atomic E-state index is 12.9. The molecule has 0 aliphatic carbocycles. The van der Waals surface area contributed by atoms with Gasteiger partial charge in [0.15, 0.2) is 6.61 Å². The molecule has 2 rings (SSSR count). The summed E-state index contributed by atoms with van der Waals surface area (Å²) in [5.41, 5.74) is 0.805. The van der Waals surface area contributed by atoms with Gasteiger partial charge >= 0.3 is 0 Å². The molecule has 0 spiro atoms. The number of rotatable bonds is 8. The zero-order chi connectivity index (χ0) is 21.6. The van der Waals surface area contributed by atoms with E-state index in [1.54, 1.807) is 37.3 Å². The van der Waals surface area contributed by atoms with E-state index in [0.717, 1.165) is 5.56 Å². The van der Waals surface area contributed by atoms with Gasteiger partial charge in [-0.2, -0.15) is 0 Å². The van der Waals surface area contributed by atoms with E-state index < -0.39 is 6.04 Å². The van der Waals surface area contributed by atoms with Crippen molar-refractivity contribution in [1.82, 2.24) is 10.2 Å². The number of nitrogens with one attached hydrogen (secondary N) is 1. The zero-order valence-electron chi connectivity index (χ0n) is 16.4. The number of carbonyl (C=O) groups excluding carboxylic acids is 2. The van der Waals surface area contributed by atoms with Gasteiger partial charge in [-0.3, -0.25) is 9.59 Å². The SMILES string of the molecule is CC(C)NC(=O)C(C)N(Cc1cccc(Cl)c1)C(=O)COc1ccc(Cl)cc1Cl. The monoisotopic (exact) mass is 456 g/mol. The molecule has 0 heterocycles. The van der Waals surface area contributed by atoms with Crippen molar-refractivity contribution in [3.05, 3.63) is 63.1 Å². The second kappa shape index (κ2) is 10.7. The van der Waals surface area contributed by atoms with Gasteiger partial charge in [-0.1, -0.05) is 46.9 Å². The molecular weight excluding hydrogens is 435 g/mol. The number of amides is 2. The van der Waals surface area contributed by atoms with Crippen LogP contribution < -0.4 is 10.1 Å². The molecule has 1 unspecified atom stereocenters. The average molecular weight is 458 g/mol. The fourth-order valence-corrected chi connectivity index (χ4v) is 3.31. The third-order valence-corrected chi connectivity index (χ3v) is 4.85. The highest BCUT2D eigenvalue weighted by Gasteiger charge is 2.27. The van der Waals surface area contributed by atoms with E-state index in [2.05, 4.69) is 5.32 Å². The summed E-state index contributed by atoms with van der Waals surface area (Å²) in [5.74, 6) is -0.270. The lowest BCUT2D eigenvalue weighted by Gasteiger charge is -2.29. The molecular formula is C21H23Cl3N2O3. The molecule has 1 atom stereocenters. The molecule has 0 bridgehead atoms. The van der Waals surface area contributed by atoms with Crippen LogP contribution in [0.1, 0.15) is 26.3 Å². The number of halogens is 3. The van der Waals surface area contributed by atoms with Gasteiger partial charge in [-0.25, -0.2) is 0 Å². The third-order valence-electron chi connectivity index (χ3n) is 4.09. The maximum Gasteiger partial charge on any atom is 0.261 e. The van der Waals surface area contributed by atoms with Crippen LogP contribution in [0.4, 0.5) is 0 Å². The Bertz CT molecular complexity index is 874. The van der Waals surface area contributed by atoms with Crippen molar-refractivity contribution in [2.45, 2.75) is 39.4 Å². The predicted molar refractivity (Wildman–Crippen MR) is 117 cm³/mol. The lowest BCUT2D eigenvalue weighted by Crippen LogP contribution is -2.50. The molecule has 2 aromatic carbocycles. The Morgan fingerprint density at radius 2 is 1.72 bits per heavy atom. The van der Waals surface area contributed by atoms with Crippen molar-refractivity contribution in [1.29, 1.82) is 0 Å². The number of ether oxygens (including phenoxy) is 1. The Balaban J connectivity index is 2.17. The summed E-state index contributed by atoms with van der Waals surface area (Å²) in [5, 5.41) is 4.15. The number of carbonyl (C=O) groups is 2. The fourth-order valence-electron chi connectivity index (χ4n) is 2.63. The molecule has 0 aliphatic rings. The quantitative estimate of drug-likeness (QED) is 0.609. The van der Waals surface area contributed by atoms with Crippen molar-refractivity contribution in [3.8, 4) is 5.75 Å².